The van der Waals surface area contributed by atoms with Crippen LogP contribution in [0, 0.1) is 26.7 Å². The highest BCUT2D eigenvalue weighted by Gasteiger charge is 2.32. The van der Waals surface area contributed by atoms with Gasteiger partial charge in [0.05, 0.1) is 6.61 Å². The average molecular weight is 383 g/mol. The molecule has 0 amide bonds. The van der Waals surface area contributed by atoms with Crippen LogP contribution in [0.3, 0.4) is 0 Å². The van der Waals surface area contributed by atoms with E-state index in [-0.39, 0.29) is 0 Å². The first-order chi connectivity index (χ1) is 13.5. The van der Waals surface area contributed by atoms with Crippen molar-refractivity contribution in [3.63, 3.8) is 0 Å². The molecule has 0 atom stereocenters. The third kappa shape index (κ3) is 3.64. The van der Waals surface area contributed by atoms with Gasteiger partial charge in [0.2, 0.25) is 0 Å². The first-order valence-electron chi connectivity index (χ1n) is 10.6. The molecule has 28 heavy (non-hydrogen) atoms. The van der Waals surface area contributed by atoms with Gasteiger partial charge in [-0.1, -0.05) is 17.7 Å². The highest BCUT2D eigenvalue weighted by Crippen LogP contribution is 2.41. The molecule has 1 aromatic carbocycles. The third-order valence-electron chi connectivity index (χ3n) is 6.10. The van der Waals surface area contributed by atoms with Crippen LogP contribution in [0.5, 0.6) is 0 Å². The Hall–Kier alpha value is -2.01. The lowest BCUT2D eigenvalue weighted by molar-refractivity contribution is 0.204. The first kappa shape index (κ1) is 19.3. The van der Waals surface area contributed by atoms with Crippen LogP contribution < -0.4 is 9.80 Å². The van der Waals surface area contributed by atoms with Crippen molar-refractivity contribution in [2.45, 2.75) is 46.5 Å². The Balaban J connectivity index is 1.74. The molecule has 2 aliphatic rings. The molecule has 2 aromatic rings. The number of rotatable bonds is 7. The molecule has 4 rings (SSSR count). The summed E-state index contributed by atoms with van der Waals surface area (Å²) in [6, 6.07) is 4.58. The van der Waals surface area contributed by atoms with Gasteiger partial charge in [-0.2, -0.15) is 5.10 Å². The fourth-order valence-electron chi connectivity index (χ4n) is 4.81. The normalized spacial score (nSPS) is 16.4. The van der Waals surface area contributed by atoms with Crippen LogP contribution in [-0.2, 0) is 18.2 Å². The fraction of sp³-hybridized carbons (Fsp3) is 0.609. The summed E-state index contributed by atoms with van der Waals surface area (Å²) in [5.74, 6) is 3.28. The van der Waals surface area contributed by atoms with Crippen LogP contribution in [0.15, 0.2) is 12.1 Å². The van der Waals surface area contributed by atoms with Crippen molar-refractivity contribution < 1.29 is 4.74 Å². The SMILES string of the molecule is COCCN(CC1CC1)c1c2c(nn1C)N(c1c(C)cc(C)cc1C)CCC2. The minimum absolute atomic E-state index is 0.757. The number of benzene rings is 1. The zero-order valence-electron chi connectivity index (χ0n) is 18.1. The number of anilines is 3. The lowest BCUT2D eigenvalue weighted by Gasteiger charge is -2.32. The number of aromatic nitrogens is 2. The molecule has 1 saturated carbocycles. The maximum absolute atomic E-state index is 5.41. The molecule has 2 heterocycles. The maximum atomic E-state index is 5.41. The van der Waals surface area contributed by atoms with Gasteiger partial charge in [-0.3, -0.25) is 4.68 Å². The van der Waals surface area contributed by atoms with E-state index in [1.165, 1.54) is 53.0 Å². The number of nitrogens with zero attached hydrogens (tertiary/aromatic N) is 4. The molecule has 0 spiro atoms. The second kappa shape index (κ2) is 7.78. The van der Waals surface area contributed by atoms with Crippen LogP contribution in [0.1, 0.15) is 41.5 Å². The van der Waals surface area contributed by atoms with Gasteiger partial charge < -0.3 is 14.5 Å². The number of fused-ring (bicyclic) bond motifs is 1. The van der Waals surface area contributed by atoms with E-state index in [0.29, 0.717) is 0 Å². The zero-order chi connectivity index (χ0) is 19.8. The highest BCUT2D eigenvalue weighted by atomic mass is 16.5. The Bertz CT molecular complexity index is 830. The molecule has 5 heteroatoms. The van der Waals surface area contributed by atoms with Gasteiger partial charge >= 0.3 is 0 Å². The smallest absolute Gasteiger partial charge is 0.160 e. The van der Waals surface area contributed by atoms with Gasteiger partial charge in [-0.05, 0) is 63.5 Å². The van der Waals surface area contributed by atoms with E-state index < -0.39 is 0 Å². The monoisotopic (exact) mass is 382 g/mol. The Labute approximate surface area is 169 Å². The molecule has 0 bridgehead atoms. The van der Waals surface area contributed by atoms with Crippen LogP contribution in [-0.4, -0.2) is 43.1 Å². The molecule has 0 saturated heterocycles. The largest absolute Gasteiger partial charge is 0.383 e. The van der Waals surface area contributed by atoms with E-state index in [1.54, 1.807) is 7.11 Å². The minimum Gasteiger partial charge on any atom is -0.383 e. The quantitative estimate of drug-likeness (QED) is 0.715. The minimum atomic E-state index is 0.757. The van der Waals surface area contributed by atoms with Crippen molar-refractivity contribution in [1.82, 2.24) is 9.78 Å². The number of ether oxygens (including phenoxy) is 1. The van der Waals surface area contributed by atoms with Crippen LogP contribution in [0.2, 0.25) is 0 Å². The Morgan fingerprint density at radius 2 is 1.89 bits per heavy atom. The Morgan fingerprint density at radius 3 is 2.54 bits per heavy atom. The van der Waals surface area contributed by atoms with E-state index in [9.17, 15) is 0 Å². The second-order valence-electron chi connectivity index (χ2n) is 8.63. The molecule has 1 fully saturated rings. The number of hydrogen-bond acceptors (Lipinski definition) is 4. The highest BCUT2D eigenvalue weighted by molar-refractivity contribution is 5.74. The molecule has 0 radical (unpaired) electrons. The fourth-order valence-corrected chi connectivity index (χ4v) is 4.81. The van der Waals surface area contributed by atoms with Crippen molar-refractivity contribution in [2.75, 3.05) is 43.2 Å². The molecule has 152 valence electrons. The summed E-state index contributed by atoms with van der Waals surface area (Å²) in [5.41, 5.74) is 6.75. The molecular formula is C23H34N4O. The summed E-state index contributed by atoms with van der Waals surface area (Å²) in [7, 11) is 3.89. The van der Waals surface area contributed by atoms with Crippen molar-refractivity contribution in [2.24, 2.45) is 13.0 Å². The Kier molecular flexibility index (Phi) is 5.37. The predicted octanol–water partition coefficient (Wildman–Crippen LogP) is 4.29. The van der Waals surface area contributed by atoms with Crippen LogP contribution in [0.4, 0.5) is 17.3 Å². The maximum Gasteiger partial charge on any atom is 0.160 e. The van der Waals surface area contributed by atoms with Crippen molar-refractivity contribution in [3.05, 3.63) is 34.4 Å². The Morgan fingerprint density at radius 1 is 1.18 bits per heavy atom. The second-order valence-corrected chi connectivity index (χ2v) is 8.63. The van der Waals surface area contributed by atoms with Gasteiger partial charge in [0.25, 0.3) is 0 Å². The van der Waals surface area contributed by atoms with Gasteiger partial charge in [0.1, 0.15) is 5.82 Å². The molecule has 1 aliphatic heterocycles. The zero-order valence-corrected chi connectivity index (χ0v) is 18.1. The third-order valence-corrected chi connectivity index (χ3v) is 6.10. The summed E-state index contributed by atoms with van der Waals surface area (Å²) in [4.78, 5) is 4.98. The predicted molar refractivity (Wildman–Crippen MR) is 116 cm³/mol. The molecular weight excluding hydrogens is 348 g/mol. The average Bonchev–Trinajstić information content (AvgIpc) is 3.38. The summed E-state index contributed by atoms with van der Waals surface area (Å²) in [6.45, 7) is 10.5. The summed E-state index contributed by atoms with van der Waals surface area (Å²) >= 11 is 0. The van der Waals surface area contributed by atoms with Crippen molar-refractivity contribution >= 4 is 17.3 Å². The molecule has 1 aromatic heterocycles. The number of hydrogen-bond donors (Lipinski definition) is 0. The first-order valence-corrected chi connectivity index (χ1v) is 10.6. The number of aryl methyl sites for hydroxylation is 4. The van der Waals surface area contributed by atoms with E-state index in [2.05, 4.69) is 54.4 Å². The van der Waals surface area contributed by atoms with E-state index in [1.807, 2.05) is 0 Å². The summed E-state index contributed by atoms with van der Waals surface area (Å²) < 4.78 is 7.52. The topological polar surface area (TPSA) is 33.5 Å². The summed E-state index contributed by atoms with van der Waals surface area (Å²) in [6.07, 6.45) is 4.99. The van der Waals surface area contributed by atoms with Crippen molar-refractivity contribution in [1.29, 1.82) is 0 Å². The standard InChI is InChI=1S/C23H34N4O/c1-16-13-17(2)21(18(3)14-16)27-10-6-7-20-22(27)24-25(4)23(20)26(11-12-28-5)15-19-8-9-19/h13-14,19H,6-12,15H2,1-5H3. The molecule has 0 unspecified atom stereocenters. The number of methoxy groups -OCH3 is 1. The molecule has 5 nitrogen and oxygen atoms in total. The molecule has 0 N–H and O–H groups in total. The summed E-state index contributed by atoms with van der Waals surface area (Å²) in [5, 5.41) is 5.03. The molecule has 1 aliphatic carbocycles. The van der Waals surface area contributed by atoms with Crippen LogP contribution in [0.25, 0.3) is 0 Å². The van der Waals surface area contributed by atoms with Crippen molar-refractivity contribution in [3.8, 4) is 0 Å². The van der Waals surface area contributed by atoms with Gasteiger partial charge in [-0.25, -0.2) is 0 Å². The van der Waals surface area contributed by atoms with E-state index in [0.717, 1.165) is 44.4 Å². The lowest BCUT2D eigenvalue weighted by atomic mass is 10.00. The van der Waals surface area contributed by atoms with Gasteiger partial charge in [-0.15, -0.1) is 0 Å². The van der Waals surface area contributed by atoms with Gasteiger partial charge in [0.15, 0.2) is 5.82 Å². The lowest BCUT2D eigenvalue weighted by Crippen LogP contribution is -2.32. The van der Waals surface area contributed by atoms with Gasteiger partial charge in [0, 0.05) is 45.0 Å². The van der Waals surface area contributed by atoms with E-state index in [4.69, 9.17) is 9.84 Å². The van der Waals surface area contributed by atoms with E-state index >= 15 is 0 Å². The van der Waals surface area contributed by atoms with Crippen LogP contribution >= 0.6 is 0 Å².